The van der Waals surface area contributed by atoms with E-state index in [9.17, 15) is 4.79 Å². The summed E-state index contributed by atoms with van der Waals surface area (Å²) in [5, 5.41) is 0. The van der Waals surface area contributed by atoms with Gasteiger partial charge >= 0.3 is 0 Å². The van der Waals surface area contributed by atoms with Gasteiger partial charge < -0.3 is 10.6 Å². The number of nitrogens with two attached hydrogens (primary N) is 1. The molecule has 0 fully saturated rings. The standard InChI is InChI=1S/C18H38N2O/c1-4-7-9-11-14-20(15-12-10-8-5-2)18(21)16-17(19)13-6-3/h17H,4-16,19H2,1-3H3. The lowest BCUT2D eigenvalue weighted by molar-refractivity contribution is -0.131. The zero-order valence-corrected chi connectivity index (χ0v) is 14.7. The Labute approximate surface area is 132 Å². The second kappa shape index (κ2) is 14.4. The molecule has 0 saturated carbocycles. The molecule has 0 heterocycles. The van der Waals surface area contributed by atoms with Crippen molar-refractivity contribution in [1.29, 1.82) is 0 Å². The minimum Gasteiger partial charge on any atom is -0.343 e. The van der Waals surface area contributed by atoms with Gasteiger partial charge in [-0.3, -0.25) is 4.79 Å². The van der Waals surface area contributed by atoms with Crippen molar-refractivity contribution in [2.24, 2.45) is 5.73 Å². The van der Waals surface area contributed by atoms with E-state index in [1.54, 1.807) is 0 Å². The Kier molecular flexibility index (Phi) is 14.0. The van der Waals surface area contributed by atoms with Gasteiger partial charge in [0.05, 0.1) is 0 Å². The first kappa shape index (κ1) is 20.4. The number of amides is 1. The Balaban J connectivity index is 4.16. The van der Waals surface area contributed by atoms with Crippen molar-refractivity contribution in [2.45, 2.75) is 97.4 Å². The van der Waals surface area contributed by atoms with Crippen LogP contribution in [-0.4, -0.2) is 29.9 Å². The van der Waals surface area contributed by atoms with Gasteiger partial charge in [0.25, 0.3) is 0 Å². The van der Waals surface area contributed by atoms with Gasteiger partial charge in [-0.05, 0) is 19.3 Å². The molecule has 0 bridgehead atoms. The molecule has 1 atom stereocenters. The highest BCUT2D eigenvalue weighted by Crippen LogP contribution is 2.09. The molecule has 0 rings (SSSR count). The van der Waals surface area contributed by atoms with E-state index >= 15 is 0 Å². The number of nitrogens with zero attached hydrogens (tertiary/aromatic N) is 1. The number of carbonyl (C=O) groups excluding carboxylic acids is 1. The molecule has 0 aromatic rings. The fraction of sp³-hybridized carbons (Fsp3) is 0.944. The molecule has 0 radical (unpaired) electrons. The van der Waals surface area contributed by atoms with Crippen molar-refractivity contribution in [3.05, 3.63) is 0 Å². The van der Waals surface area contributed by atoms with Crippen molar-refractivity contribution in [3.63, 3.8) is 0 Å². The molecule has 0 spiro atoms. The highest BCUT2D eigenvalue weighted by molar-refractivity contribution is 5.76. The number of rotatable bonds is 14. The van der Waals surface area contributed by atoms with Crippen molar-refractivity contribution in [2.75, 3.05) is 13.1 Å². The van der Waals surface area contributed by atoms with Crippen molar-refractivity contribution >= 4 is 5.91 Å². The summed E-state index contributed by atoms with van der Waals surface area (Å²) in [4.78, 5) is 14.5. The molecule has 21 heavy (non-hydrogen) atoms. The lowest BCUT2D eigenvalue weighted by atomic mass is 10.1. The average Bonchev–Trinajstić information content (AvgIpc) is 2.45. The minimum absolute atomic E-state index is 0.0382. The van der Waals surface area contributed by atoms with E-state index < -0.39 is 0 Å². The fourth-order valence-corrected chi connectivity index (χ4v) is 2.65. The molecule has 2 N–H and O–H groups in total. The Hall–Kier alpha value is -0.570. The lowest BCUT2D eigenvalue weighted by Gasteiger charge is -2.24. The molecule has 3 heteroatoms. The largest absolute Gasteiger partial charge is 0.343 e. The van der Waals surface area contributed by atoms with Crippen LogP contribution in [0.25, 0.3) is 0 Å². The summed E-state index contributed by atoms with van der Waals surface area (Å²) in [6.07, 6.45) is 12.3. The van der Waals surface area contributed by atoms with Crippen LogP contribution in [0.1, 0.15) is 91.4 Å². The topological polar surface area (TPSA) is 46.3 Å². The van der Waals surface area contributed by atoms with Gasteiger partial charge in [-0.15, -0.1) is 0 Å². The smallest absolute Gasteiger partial charge is 0.224 e. The quantitative estimate of drug-likeness (QED) is 0.480. The van der Waals surface area contributed by atoms with Gasteiger partial charge in [-0.1, -0.05) is 65.7 Å². The molecule has 0 aliphatic carbocycles. The van der Waals surface area contributed by atoms with Crippen LogP contribution in [0.2, 0.25) is 0 Å². The van der Waals surface area contributed by atoms with Crippen LogP contribution < -0.4 is 5.73 Å². The maximum Gasteiger partial charge on any atom is 0.224 e. The van der Waals surface area contributed by atoms with Crippen molar-refractivity contribution in [3.8, 4) is 0 Å². The molecule has 0 aromatic carbocycles. The monoisotopic (exact) mass is 298 g/mol. The second-order valence-corrected chi connectivity index (χ2v) is 6.25. The summed E-state index contributed by atoms with van der Waals surface area (Å²) in [7, 11) is 0. The molecule has 0 aliphatic rings. The van der Waals surface area contributed by atoms with Crippen LogP contribution in [0.3, 0.4) is 0 Å². The van der Waals surface area contributed by atoms with Gasteiger partial charge in [0.1, 0.15) is 0 Å². The molecule has 1 unspecified atom stereocenters. The highest BCUT2D eigenvalue weighted by atomic mass is 16.2. The van der Waals surface area contributed by atoms with E-state index in [2.05, 4.69) is 25.7 Å². The van der Waals surface area contributed by atoms with Gasteiger partial charge in [0.2, 0.25) is 5.91 Å². The molecule has 3 nitrogen and oxygen atoms in total. The molecule has 0 aromatic heterocycles. The molecule has 1 amide bonds. The maximum atomic E-state index is 12.4. The van der Waals surface area contributed by atoms with Gasteiger partial charge in [-0.25, -0.2) is 0 Å². The fourth-order valence-electron chi connectivity index (χ4n) is 2.65. The van der Waals surface area contributed by atoms with Gasteiger partial charge in [0, 0.05) is 25.6 Å². The van der Waals surface area contributed by atoms with Crippen LogP contribution >= 0.6 is 0 Å². The van der Waals surface area contributed by atoms with E-state index in [0.717, 1.165) is 38.8 Å². The first-order valence-corrected chi connectivity index (χ1v) is 9.18. The van der Waals surface area contributed by atoms with Gasteiger partial charge in [-0.2, -0.15) is 0 Å². The predicted octanol–water partition coefficient (Wildman–Crippen LogP) is 4.49. The number of carbonyl (C=O) groups is 1. The Morgan fingerprint density at radius 2 is 1.38 bits per heavy atom. The zero-order chi connectivity index (χ0) is 15.9. The average molecular weight is 299 g/mol. The summed E-state index contributed by atoms with van der Waals surface area (Å²) in [6, 6.07) is 0.0382. The summed E-state index contributed by atoms with van der Waals surface area (Å²) < 4.78 is 0. The molecular formula is C18H38N2O. The minimum atomic E-state index is 0.0382. The number of hydrogen-bond donors (Lipinski definition) is 1. The van der Waals surface area contributed by atoms with Gasteiger partial charge in [0.15, 0.2) is 0 Å². The summed E-state index contributed by atoms with van der Waals surface area (Å²) in [5.41, 5.74) is 6.03. The first-order valence-electron chi connectivity index (χ1n) is 9.18. The van der Waals surface area contributed by atoms with E-state index in [-0.39, 0.29) is 11.9 Å². The van der Waals surface area contributed by atoms with Crippen molar-refractivity contribution in [1.82, 2.24) is 4.90 Å². The first-order chi connectivity index (χ1) is 10.2. The lowest BCUT2D eigenvalue weighted by Crippen LogP contribution is -2.37. The second-order valence-electron chi connectivity index (χ2n) is 6.25. The van der Waals surface area contributed by atoms with Crippen LogP contribution in [0.4, 0.5) is 0 Å². The summed E-state index contributed by atoms with van der Waals surface area (Å²) >= 11 is 0. The Morgan fingerprint density at radius 3 is 1.81 bits per heavy atom. The predicted molar refractivity (Wildman–Crippen MR) is 92.4 cm³/mol. The van der Waals surface area contributed by atoms with Crippen LogP contribution in [0, 0.1) is 0 Å². The third-order valence-electron chi connectivity index (χ3n) is 4.01. The maximum absolute atomic E-state index is 12.4. The SMILES string of the molecule is CCCCCCN(CCCCCC)C(=O)CC(N)CCC. The van der Waals surface area contributed by atoms with E-state index in [1.807, 2.05) is 0 Å². The van der Waals surface area contributed by atoms with Crippen molar-refractivity contribution < 1.29 is 4.79 Å². The normalized spacial score (nSPS) is 12.4. The van der Waals surface area contributed by atoms with Crippen LogP contribution in [0.15, 0.2) is 0 Å². The Bertz CT molecular complexity index is 231. The molecule has 126 valence electrons. The third kappa shape index (κ3) is 11.7. The third-order valence-corrected chi connectivity index (χ3v) is 4.01. The Morgan fingerprint density at radius 1 is 0.857 bits per heavy atom. The van der Waals surface area contributed by atoms with Crippen LogP contribution in [0.5, 0.6) is 0 Å². The summed E-state index contributed by atoms with van der Waals surface area (Å²) in [6.45, 7) is 8.40. The van der Waals surface area contributed by atoms with Crippen LogP contribution in [-0.2, 0) is 4.79 Å². The number of hydrogen-bond acceptors (Lipinski definition) is 2. The highest BCUT2D eigenvalue weighted by Gasteiger charge is 2.16. The molecule has 0 aliphatic heterocycles. The summed E-state index contributed by atoms with van der Waals surface area (Å²) in [5.74, 6) is 0.268. The van der Waals surface area contributed by atoms with E-state index in [1.165, 1.54) is 38.5 Å². The molecule has 0 saturated heterocycles. The number of unbranched alkanes of at least 4 members (excludes halogenated alkanes) is 6. The van der Waals surface area contributed by atoms with E-state index in [0.29, 0.717) is 6.42 Å². The van der Waals surface area contributed by atoms with E-state index in [4.69, 9.17) is 5.73 Å². The zero-order valence-electron chi connectivity index (χ0n) is 14.7. The molecular weight excluding hydrogens is 260 g/mol.